The molecule has 0 fully saturated rings. The lowest BCUT2D eigenvalue weighted by molar-refractivity contribution is 0.0917. The van der Waals surface area contributed by atoms with Crippen LogP contribution in [0.15, 0.2) is 24.3 Å². The van der Waals surface area contributed by atoms with Crippen molar-refractivity contribution in [3.63, 3.8) is 0 Å². The van der Waals surface area contributed by atoms with Crippen molar-refractivity contribution >= 4 is 5.91 Å². The van der Waals surface area contributed by atoms with Crippen molar-refractivity contribution in [1.29, 1.82) is 0 Å². The van der Waals surface area contributed by atoms with E-state index in [-0.39, 0.29) is 5.91 Å². The van der Waals surface area contributed by atoms with E-state index in [9.17, 15) is 4.79 Å². The van der Waals surface area contributed by atoms with Crippen LogP contribution in [-0.4, -0.2) is 19.1 Å². The Balaban J connectivity index is 2.48. The highest BCUT2D eigenvalue weighted by molar-refractivity contribution is 5.94. The van der Waals surface area contributed by atoms with E-state index in [1.54, 1.807) is 12.1 Å². The van der Waals surface area contributed by atoms with Gasteiger partial charge in [-0.2, -0.15) is 0 Å². The van der Waals surface area contributed by atoms with Crippen LogP contribution in [0, 0.1) is 6.92 Å². The molecule has 0 saturated carbocycles. The van der Waals surface area contributed by atoms with Crippen molar-refractivity contribution in [1.82, 2.24) is 5.32 Å². The molecule has 4 heteroatoms. The Morgan fingerprint density at radius 2 is 2.07 bits per heavy atom. The van der Waals surface area contributed by atoms with Crippen molar-refractivity contribution in [3.05, 3.63) is 35.4 Å². The smallest absolute Gasteiger partial charge is 0.251 e. The highest BCUT2D eigenvalue weighted by Crippen LogP contribution is 2.02. The molecule has 4 nitrogen and oxygen atoms in total. The number of aryl methyl sites for hydroxylation is 1. The molecule has 0 aliphatic carbocycles. The van der Waals surface area contributed by atoms with Gasteiger partial charge in [0.15, 0.2) is 0 Å². The van der Waals surface area contributed by atoms with Crippen LogP contribution in [-0.2, 0) is 4.84 Å². The maximum atomic E-state index is 11.4. The number of amides is 1. The number of benzene rings is 1. The van der Waals surface area contributed by atoms with Crippen LogP contribution in [0.3, 0.4) is 0 Å². The van der Waals surface area contributed by atoms with Crippen molar-refractivity contribution in [2.75, 3.05) is 13.2 Å². The first-order chi connectivity index (χ1) is 6.74. The van der Waals surface area contributed by atoms with Gasteiger partial charge in [0.2, 0.25) is 0 Å². The fourth-order valence-corrected chi connectivity index (χ4v) is 1.03. The highest BCUT2D eigenvalue weighted by Gasteiger charge is 2.02. The predicted molar refractivity (Wildman–Crippen MR) is 53.7 cm³/mol. The standard InChI is InChI=1S/C10H14N2O2/c1-8-2-4-9(5-3-8)10(13)12-6-7-14-11/h2-5H,6-7,11H2,1H3,(H,12,13). The molecule has 1 amide bonds. The number of nitrogens with one attached hydrogen (secondary N) is 1. The second-order valence-corrected chi connectivity index (χ2v) is 2.99. The van der Waals surface area contributed by atoms with Crippen molar-refractivity contribution in [2.45, 2.75) is 6.92 Å². The van der Waals surface area contributed by atoms with Gasteiger partial charge in [0.25, 0.3) is 5.91 Å². The van der Waals surface area contributed by atoms with Gasteiger partial charge in [-0.1, -0.05) is 17.7 Å². The molecule has 14 heavy (non-hydrogen) atoms. The summed E-state index contributed by atoms with van der Waals surface area (Å²) in [6.07, 6.45) is 0. The van der Waals surface area contributed by atoms with Crippen molar-refractivity contribution in [3.8, 4) is 0 Å². The Morgan fingerprint density at radius 1 is 1.43 bits per heavy atom. The first kappa shape index (κ1) is 10.7. The van der Waals surface area contributed by atoms with E-state index in [1.807, 2.05) is 19.1 Å². The van der Waals surface area contributed by atoms with Crippen LogP contribution in [0.5, 0.6) is 0 Å². The molecule has 0 heterocycles. The highest BCUT2D eigenvalue weighted by atomic mass is 16.6. The fourth-order valence-electron chi connectivity index (χ4n) is 1.03. The molecule has 0 saturated heterocycles. The van der Waals surface area contributed by atoms with Gasteiger partial charge in [0.1, 0.15) is 0 Å². The monoisotopic (exact) mass is 194 g/mol. The summed E-state index contributed by atoms with van der Waals surface area (Å²) in [6.45, 7) is 2.71. The van der Waals surface area contributed by atoms with E-state index < -0.39 is 0 Å². The summed E-state index contributed by atoms with van der Waals surface area (Å²) < 4.78 is 0. The maximum Gasteiger partial charge on any atom is 0.251 e. The van der Waals surface area contributed by atoms with Crippen LogP contribution < -0.4 is 11.2 Å². The molecule has 3 N–H and O–H groups in total. The SMILES string of the molecule is Cc1ccc(C(=O)NCCON)cc1. The first-order valence-corrected chi connectivity index (χ1v) is 4.40. The predicted octanol–water partition coefficient (Wildman–Crippen LogP) is 0.615. The minimum absolute atomic E-state index is 0.109. The molecule has 0 aliphatic rings. The van der Waals surface area contributed by atoms with Crippen LogP contribution in [0.25, 0.3) is 0 Å². The molecule has 1 rings (SSSR count). The largest absolute Gasteiger partial charge is 0.350 e. The Bertz CT molecular complexity index is 295. The molecule has 76 valence electrons. The van der Waals surface area contributed by atoms with E-state index in [0.717, 1.165) is 5.56 Å². The summed E-state index contributed by atoms with van der Waals surface area (Å²) >= 11 is 0. The quantitative estimate of drug-likeness (QED) is 0.545. The number of hydrogen-bond acceptors (Lipinski definition) is 3. The molecule has 0 bridgehead atoms. The molecule has 1 aromatic carbocycles. The second-order valence-electron chi connectivity index (χ2n) is 2.99. The zero-order chi connectivity index (χ0) is 10.4. The van der Waals surface area contributed by atoms with Crippen molar-refractivity contribution in [2.24, 2.45) is 5.90 Å². The number of rotatable bonds is 4. The molecule has 0 aromatic heterocycles. The summed E-state index contributed by atoms with van der Waals surface area (Å²) in [5, 5.41) is 2.68. The number of hydrogen-bond donors (Lipinski definition) is 2. The van der Waals surface area contributed by atoms with Gasteiger partial charge < -0.3 is 10.2 Å². The van der Waals surface area contributed by atoms with Crippen LogP contribution in [0.4, 0.5) is 0 Å². The maximum absolute atomic E-state index is 11.4. The molecular weight excluding hydrogens is 180 g/mol. The van der Waals surface area contributed by atoms with Gasteiger partial charge in [-0.15, -0.1) is 0 Å². The number of carbonyl (C=O) groups is 1. The van der Waals surface area contributed by atoms with E-state index in [0.29, 0.717) is 18.7 Å². The lowest BCUT2D eigenvalue weighted by Gasteiger charge is -2.03. The fraction of sp³-hybridized carbons (Fsp3) is 0.300. The third-order valence-electron chi connectivity index (χ3n) is 1.82. The number of carbonyl (C=O) groups excluding carboxylic acids is 1. The molecule has 0 spiro atoms. The van der Waals surface area contributed by atoms with Gasteiger partial charge in [-0.3, -0.25) is 4.79 Å². The van der Waals surface area contributed by atoms with Gasteiger partial charge in [0, 0.05) is 12.1 Å². The normalized spacial score (nSPS) is 9.86. The van der Waals surface area contributed by atoms with Gasteiger partial charge >= 0.3 is 0 Å². The summed E-state index contributed by atoms with van der Waals surface area (Å²) in [7, 11) is 0. The van der Waals surface area contributed by atoms with E-state index >= 15 is 0 Å². The molecule has 0 atom stereocenters. The van der Waals surface area contributed by atoms with E-state index in [4.69, 9.17) is 5.90 Å². The third kappa shape index (κ3) is 3.16. The second kappa shape index (κ2) is 5.36. The molecule has 0 radical (unpaired) electrons. The molecule has 0 aliphatic heterocycles. The Morgan fingerprint density at radius 3 is 2.64 bits per heavy atom. The van der Waals surface area contributed by atoms with Gasteiger partial charge in [0.05, 0.1) is 6.61 Å². The Kier molecular flexibility index (Phi) is 4.10. The molecule has 1 aromatic rings. The Hall–Kier alpha value is -1.39. The van der Waals surface area contributed by atoms with E-state index in [1.165, 1.54) is 0 Å². The third-order valence-corrected chi connectivity index (χ3v) is 1.82. The lowest BCUT2D eigenvalue weighted by Crippen LogP contribution is -2.27. The number of nitrogens with two attached hydrogens (primary N) is 1. The zero-order valence-corrected chi connectivity index (χ0v) is 8.12. The zero-order valence-electron chi connectivity index (χ0n) is 8.12. The average Bonchev–Trinajstić information content (AvgIpc) is 2.19. The van der Waals surface area contributed by atoms with Crippen LogP contribution in [0.1, 0.15) is 15.9 Å². The summed E-state index contributed by atoms with van der Waals surface area (Å²) in [4.78, 5) is 15.8. The van der Waals surface area contributed by atoms with E-state index in [2.05, 4.69) is 10.2 Å². The first-order valence-electron chi connectivity index (χ1n) is 4.40. The summed E-state index contributed by atoms with van der Waals surface area (Å²) in [5.41, 5.74) is 1.78. The van der Waals surface area contributed by atoms with Crippen molar-refractivity contribution < 1.29 is 9.63 Å². The molecule has 0 unspecified atom stereocenters. The minimum Gasteiger partial charge on any atom is -0.350 e. The van der Waals surface area contributed by atoms with Crippen LogP contribution >= 0.6 is 0 Å². The average molecular weight is 194 g/mol. The topological polar surface area (TPSA) is 64.3 Å². The van der Waals surface area contributed by atoms with Crippen LogP contribution in [0.2, 0.25) is 0 Å². The molecular formula is C10H14N2O2. The minimum atomic E-state index is -0.109. The lowest BCUT2D eigenvalue weighted by atomic mass is 10.1. The van der Waals surface area contributed by atoms with Gasteiger partial charge in [-0.05, 0) is 19.1 Å². The summed E-state index contributed by atoms with van der Waals surface area (Å²) in [5.74, 6) is 4.71. The Labute approximate surface area is 83.0 Å². The van der Waals surface area contributed by atoms with Gasteiger partial charge in [-0.25, -0.2) is 5.90 Å². The summed E-state index contributed by atoms with van der Waals surface area (Å²) in [6, 6.07) is 7.37.